The molecule has 1 unspecified atom stereocenters. The molecule has 2 aromatic rings. The summed E-state index contributed by atoms with van der Waals surface area (Å²) >= 11 is 0. The third-order valence-electron chi connectivity index (χ3n) is 4.83. The first-order valence-corrected chi connectivity index (χ1v) is 10.9. The van der Waals surface area contributed by atoms with Gasteiger partial charge in [-0.3, -0.25) is 4.79 Å². The van der Waals surface area contributed by atoms with Crippen LogP contribution in [0, 0.1) is 19.8 Å². The van der Waals surface area contributed by atoms with Gasteiger partial charge >= 0.3 is 0 Å². The molecule has 27 heavy (non-hydrogen) atoms. The van der Waals surface area contributed by atoms with Crippen LogP contribution in [-0.2, 0) is 20.6 Å². The number of sulfonamides is 1. The van der Waals surface area contributed by atoms with Gasteiger partial charge in [0.1, 0.15) is 0 Å². The Hall–Kier alpha value is -2.18. The van der Waals surface area contributed by atoms with Gasteiger partial charge in [0, 0.05) is 18.8 Å². The molecular weight excluding hydrogens is 360 g/mol. The lowest BCUT2D eigenvalue weighted by Crippen LogP contribution is -2.44. The maximum atomic E-state index is 12.8. The van der Waals surface area contributed by atoms with Crippen LogP contribution < -0.4 is 5.32 Å². The maximum absolute atomic E-state index is 12.8. The normalized spacial score (nSPS) is 18.2. The molecule has 0 aliphatic carbocycles. The second-order valence-corrected chi connectivity index (χ2v) is 9.27. The summed E-state index contributed by atoms with van der Waals surface area (Å²) < 4.78 is 27.0. The first-order valence-electron chi connectivity index (χ1n) is 9.24. The Morgan fingerprint density at radius 2 is 1.78 bits per heavy atom. The van der Waals surface area contributed by atoms with E-state index in [2.05, 4.69) is 5.32 Å². The first-order chi connectivity index (χ1) is 12.8. The summed E-state index contributed by atoms with van der Waals surface area (Å²) in [4.78, 5) is 12.7. The van der Waals surface area contributed by atoms with Crippen LogP contribution >= 0.6 is 0 Å². The molecule has 0 spiro atoms. The number of rotatable bonds is 5. The Bertz CT molecular complexity index is 890. The molecule has 1 aliphatic heterocycles. The molecule has 2 aromatic carbocycles. The second kappa shape index (κ2) is 8.23. The van der Waals surface area contributed by atoms with Crippen LogP contribution in [0.3, 0.4) is 0 Å². The standard InChI is InChI=1S/C21H26N2O3S/c1-16-11-17(2)13-20(12-16)22-21(24)19-9-6-10-23(14-19)27(25,26)15-18-7-4-3-5-8-18/h3-5,7-8,11-13,19H,6,9-10,14-15H2,1-2H3,(H,22,24). The minimum Gasteiger partial charge on any atom is -0.326 e. The van der Waals surface area contributed by atoms with Crippen molar-refractivity contribution in [3.63, 3.8) is 0 Å². The van der Waals surface area contributed by atoms with Crippen molar-refractivity contribution >= 4 is 21.6 Å². The van der Waals surface area contributed by atoms with Gasteiger partial charge in [0.15, 0.2) is 0 Å². The van der Waals surface area contributed by atoms with Crippen molar-refractivity contribution < 1.29 is 13.2 Å². The Balaban J connectivity index is 1.67. The number of piperidine rings is 1. The van der Waals surface area contributed by atoms with Crippen LogP contribution in [0.4, 0.5) is 5.69 Å². The van der Waals surface area contributed by atoms with Crippen LogP contribution in [0.15, 0.2) is 48.5 Å². The minimum absolute atomic E-state index is 0.0285. The van der Waals surface area contributed by atoms with Crippen LogP contribution in [0.2, 0.25) is 0 Å². The van der Waals surface area contributed by atoms with Gasteiger partial charge in [-0.05, 0) is 55.5 Å². The van der Waals surface area contributed by atoms with Crippen LogP contribution in [0.5, 0.6) is 0 Å². The number of amides is 1. The molecule has 1 aliphatic rings. The van der Waals surface area contributed by atoms with Crippen LogP contribution in [0.1, 0.15) is 29.5 Å². The zero-order chi connectivity index (χ0) is 19.4. The van der Waals surface area contributed by atoms with Crippen molar-refractivity contribution in [1.82, 2.24) is 4.31 Å². The van der Waals surface area contributed by atoms with Gasteiger partial charge in [-0.15, -0.1) is 0 Å². The van der Waals surface area contributed by atoms with Crippen molar-refractivity contribution in [3.8, 4) is 0 Å². The third-order valence-corrected chi connectivity index (χ3v) is 6.65. The molecule has 0 saturated carbocycles. The number of aryl methyl sites for hydroxylation is 2. The van der Waals surface area contributed by atoms with E-state index in [4.69, 9.17) is 0 Å². The van der Waals surface area contributed by atoms with E-state index < -0.39 is 10.0 Å². The predicted octanol–water partition coefficient (Wildman–Crippen LogP) is 3.48. The molecule has 1 fully saturated rings. The molecule has 6 heteroatoms. The highest BCUT2D eigenvalue weighted by atomic mass is 32.2. The number of nitrogens with zero attached hydrogens (tertiary/aromatic N) is 1. The summed E-state index contributed by atoms with van der Waals surface area (Å²) in [6.45, 7) is 4.69. The Labute approximate surface area is 161 Å². The summed E-state index contributed by atoms with van der Waals surface area (Å²) in [6.07, 6.45) is 1.40. The zero-order valence-electron chi connectivity index (χ0n) is 15.8. The average Bonchev–Trinajstić information content (AvgIpc) is 2.61. The van der Waals surface area contributed by atoms with Crippen LogP contribution in [0.25, 0.3) is 0 Å². The molecular formula is C21H26N2O3S. The smallest absolute Gasteiger partial charge is 0.228 e. The zero-order valence-corrected chi connectivity index (χ0v) is 16.6. The Morgan fingerprint density at radius 3 is 2.44 bits per heavy atom. The molecule has 1 amide bonds. The Kier molecular flexibility index (Phi) is 5.97. The minimum atomic E-state index is -3.44. The second-order valence-electron chi connectivity index (χ2n) is 7.30. The topological polar surface area (TPSA) is 66.5 Å². The molecule has 0 aromatic heterocycles. The lowest BCUT2D eigenvalue weighted by molar-refractivity contribution is -0.120. The van der Waals surface area contributed by atoms with E-state index in [9.17, 15) is 13.2 Å². The highest BCUT2D eigenvalue weighted by Crippen LogP contribution is 2.23. The summed E-state index contributed by atoms with van der Waals surface area (Å²) in [5.41, 5.74) is 3.70. The van der Waals surface area contributed by atoms with E-state index in [1.165, 1.54) is 4.31 Å². The van der Waals surface area contributed by atoms with Crippen molar-refractivity contribution in [1.29, 1.82) is 0 Å². The number of nitrogens with one attached hydrogen (secondary N) is 1. The molecule has 1 heterocycles. The van der Waals surface area contributed by atoms with Gasteiger partial charge < -0.3 is 5.32 Å². The quantitative estimate of drug-likeness (QED) is 0.855. The van der Waals surface area contributed by atoms with Crippen molar-refractivity contribution in [2.24, 2.45) is 5.92 Å². The Morgan fingerprint density at radius 1 is 1.11 bits per heavy atom. The monoisotopic (exact) mass is 386 g/mol. The predicted molar refractivity (Wildman–Crippen MR) is 108 cm³/mol. The number of benzene rings is 2. The molecule has 5 nitrogen and oxygen atoms in total. The average molecular weight is 387 g/mol. The lowest BCUT2D eigenvalue weighted by atomic mass is 9.98. The first kappa shape index (κ1) is 19.6. The number of anilines is 1. The number of carbonyl (C=O) groups is 1. The van der Waals surface area contributed by atoms with Crippen molar-refractivity contribution in [3.05, 3.63) is 65.2 Å². The van der Waals surface area contributed by atoms with Crippen molar-refractivity contribution in [2.45, 2.75) is 32.4 Å². The van der Waals surface area contributed by atoms with E-state index in [0.717, 1.165) is 22.4 Å². The largest absolute Gasteiger partial charge is 0.326 e. The molecule has 0 radical (unpaired) electrons. The number of hydrogen-bond acceptors (Lipinski definition) is 3. The van der Waals surface area contributed by atoms with Gasteiger partial charge in [0.05, 0.1) is 11.7 Å². The van der Waals surface area contributed by atoms with E-state index in [1.54, 1.807) is 0 Å². The van der Waals surface area contributed by atoms with Gasteiger partial charge in [-0.1, -0.05) is 36.4 Å². The summed E-state index contributed by atoms with van der Waals surface area (Å²) in [7, 11) is -3.44. The van der Waals surface area contributed by atoms with Gasteiger partial charge in [-0.25, -0.2) is 12.7 Å². The van der Waals surface area contributed by atoms with E-state index in [1.807, 2.05) is 62.4 Å². The van der Waals surface area contributed by atoms with Gasteiger partial charge in [0.25, 0.3) is 0 Å². The van der Waals surface area contributed by atoms with Gasteiger partial charge in [0.2, 0.25) is 15.9 Å². The molecule has 1 atom stereocenters. The lowest BCUT2D eigenvalue weighted by Gasteiger charge is -2.31. The third kappa shape index (κ3) is 5.17. The van der Waals surface area contributed by atoms with Crippen LogP contribution in [-0.4, -0.2) is 31.7 Å². The highest BCUT2D eigenvalue weighted by molar-refractivity contribution is 7.88. The highest BCUT2D eigenvalue weighted by Gasteiger charge is 2.32. The van der Waals surface area contributed by atoms with Crippen molar-refractivity contribution in [2.75, 3.05) is 18.4 Å². The van der Waals surface area contributed by atoms with E-state index in [0.29, 0.717) is 19.4 Å². The summed E-state index contributed by atoms with van der Waals surface area (Å²) in [5.74, 6) is -0.469. The molecule has 0 bridgehead atoms. The molecule has 144 valence electrons. The number of hydrogen-bond donors (Lipinski definition) is 1. The summed E-state index contributed by atoms with van der Waals surface area (Å²) in [5, 5.41) is 2.95. The van der Waals surface area contributed by atoms with E-state index in [-0.39, 0.29) is 24.1 Å². The molecule has 1 saturated heterocycles. The molecule has 3 rings (SSSR count). The SMILES string of the molecule is Cc1cc(C)cc(NC(=O)C2CCCN(S(=O)(=O)Cc3ccccc3)C2)c1. The molecule has 1 N–H and O–H groups in total. The fourth-order valence-corrected chi connectivity index (χ4v) is 5.19. The van der Waals surface area contributed by atoms with E-state index >= 15 is 0 Å². The van der Waals surface area contributed by atoms with Gasteiger partial charge in [-0.2, -0.15) is 0 Å². The fourth-order valence-electron chi connectivity index (χ4n) is 3.58. The fraction of sp³-hybridized carbons (Fsp3) is 0.381. The maximum Gasteiger partial charge on any atom is 0.228 e. The summed E-state index contributed by atoms with van der Waals surface area (Å²) in [6, 6.07) is 15.1. The number of carbonyl (C=O) groups excluding carboxylic acids is 1.